The summed E-state index contributed by atoms with van der Waals surface area (Å²) in [5.41, 5.74) is 8.24. The lowest BCUT2D eigenvalue weighted by molar-refractivity contribution is -0.115. The number of carbonyl (C=O) groups excluding carboxylic acids is 2. The van der Waals surface area contributed by atoms with Crippen molar-refractivity contribution in [2.75, 3.05) is 5.43 Å². The highest BCUT2D eigenvalue weighted by Crippen LogP contribution is 2.29. The van der Waals surface area contributed by atoms with E-state index in [0.29, 0.717) is 42.5 Å². The summed E-state index contributed by atoms with van der Waals surface area (Å²) in [6.45, 7) is 0. The third-order valence-corrected chi connectivity index (χ3v) is 6.36. The molecule has 0 atom stereocenters. The van der Waals surface area contributed by atoms with Gasteiger partial charge in [0.15, 0.2) is 0 Å². The molecule has 0 aliphatic carbocycles. The maximum atomic E-state index is 12.8. The zero-order valence-electron chi connectivity index (χ0n) is 17.3. The number of furan rings is 1. The van der Waals surface area contributed by atoms with Gasteiger partial charge in [0.25, 0.3) is 11.8 Å². The van der Waals surface area contributed by atoms with Crippen molar-refractivity contribution in [1.29, 1.82) is 0 Å². The number of thioether (sulfide) groups is 1. The van der Waals surface area contributed by atoms with Crippen molar-refractivity contribution < 1.29 is 14.0 Å². The first-order chi connectivity index (χ1) is 16.5. The van der Waals surface area contributed by atoms with Crippen molar-refractivity contribution in [3.63, 3.8) is 0 Å². The minimum Gasteiger partial charge on any atom is -0.457 e. The molecule has 2 aromatic heterocycles. The van der Waals surface area contributed by atoms with Crippen LogP contribution in [0.5, 0.6) is 0 Å². The van der Waals surface area contributed by atoms with E-state index < -0.39 is 0 Å². The Morgan fingerprint density at radius 1 is 1.15 bits per heavy atom. The van der Waals surface area contributed by atoms with Crippen LogP contribution < -0.4 is 16.2 Å². The zero-order valence-corrected chi connectivity index (χ0v) is 19.7. The number of fused-ring (bicyclic) bond motifs is 1. The number of nitrogens with zero attached hydrogens (tertiary/aromatic N) is 1. The molecule has 2 amide bonds. The van der Waals surface area contributed by atoms with Crippen LogP contribution in [-0.2, 0) is 4.79 Å². The maximum Gasteiger partial charge on any atom is 0.269 e. The summed E-state index contributed by atoms with van der Waals surface area (Å²) >= 11 is 12.2. The average molecular weight is 507 g/mol. The maximum absolute atomic E-state index is 12.8. The van der Waals surface area contributed by atoms with Crippen LogP contribution in [-0.4, -0.2) is 21.1 Å². The molecule has 3 N–H and O–H groups in total. The lowest BCUT2D eigenvalue weighted by Crippen LogP contribution is -2.29. The van der Waals surface area contributed by atoms with Crippen molar-refractivity contribution >= 4 is 74.4 Å². The molecule has 1 aliphatic heterocycles. The van der Waals surface area contributed by atoms with E-state index in [1.54, 1.807) is 60.8 Å². The van der Waals surface area contributed by atoms with E-state index in [0.717, 1.165) is 10.9 Å². The van der Waals surface area contributed by atoms with Gasteiger partial charge in [-0.05, 0) is 48.5 Å². The number of rotatable bonds is 5. The van der Waals surface area contributed by atoms with Gasteiger partial charge < -0.3 is 9.73 Å². The summed E-state index contributed by atoms with van der Waals surface area (Å²) in [6, 6.07) is 17.7. The van der Waals surface area contributed by atoms with E-state index in [-0.39, 0.29) is 11.8 Å². The van der Waals surface area contributed by atoms with Gasteiger partial charge in [0.05, 0.1) is 16.1 Å². The first-order valence-corrected chi connectivity index (χ1v) is 11.6. The Morgan fingerprint density at radius 3 is 2.85 bits per heavy atom. The molecule has 1 aliphatic rings. The predicted octanol–water partition coefficient (Wildman–Crippen LogP) is 5.39. The molecular weight excluding hydrogens is 492 g/mol. The number of hydrogen-bond acceptors (Lipinski definition) is 7. The molecule has 0 bridgehead atoms. The van der Waals surface area contributed by atoms with Crippen LogP contribution in [0.4, 0.5) is 5.69 Å². The number of nitrogens with one attached hydrogen (secondary N) is 3. The molecule has 3 heterocycles. The van der Waals surface area contributed by atoms with Gasteiger partial charge in [-0.15, -0.1) is 0 Å². The number of carbonyl (C=O) groups is 2. The van der Waals surface area contributed by atoms with Crippen molar-refractivity contribution in [1.82, 2.24) is 15.7 Å². The Morgan fingerprint density at radius 2 is 2.03 bits per heavy atom. The number of benzene rings is 2. The molecule has 5 rings (SSSR count). The second kappa shape index (κ2) is 9.30. The number of aromatic nitrogens is 1. The first kappa shape index (κ1) is 22.1. The smallest absolute Gasteiger partial charge is 0.269 e. The van der Waals surface area contributed by atoms with Gasteiger partial charge in [-0.3, -0.25) is 25.4 Å². The number of halogens is 1. The predicted molar refractivity (Wildman–Crippen MR) is 138 cm³/mol. The number of amides is 2. The molecule has 2 aromatic carbocycles. The van der Waals surface area contributed by atoms with E-state index in [1.165, 1.54) is 11.8 Å². The molecule has 0 saturated carbocycles. The fraction of sp³-hybridized carbons (Fsp3) is 0. The second-order valence-electron chi connectivity index (χ2n) is 7.23. The molecule has 1 fully saturated rings. The Labute approximate surface area is 208 Å². The van der Waals surface area contributed by atoms with Crippen molar-refractivity contribution in [2.45, 2.75) is 0 Å². The fourth-order valence-corrected chi connectivity index (χ4v) is 4.57. The van der Waals surface area contributed by atoms with Gasteiger partial charge in [-0.1, -0.05) is 47.7 Å². The normalized spacial score (nSPS) is 14.4. The molecule has 168 valence electrons. The third kappa shape index (κ3) is 4.67. The summed E-state index contributed by atoms with van der Waals surface area (Å²) in [4.78, 5) is 29.4. The first-order valence-electron chi connectivity index (χ1n) is 10.0. The molecule has 10 heteroatoms. The fourth-order valence-electron chi connectivity index (χ4n) is 3.38. The van der Waals surface area contributed by atoms with Crippen molar-refractivity contribution in [3.8, 4) is 11.3 Å². The molecule has 0 unspecified atom stereocenters. The second-order valence-corrected chi connectivity index (χ2v) is 9.39. The Balaban J connectivity index is 1.31. The van der Waals surface area contributed by atoms with Crippen LogP contribution in [0.25, 0.3) is 28.3 Å². The molecule has 0 spiro atoms. The summed E-state index contributed by atoms with van der Waals surface area (Å²) in [5.74, 6) is 0.516. The van der Waals surface area contributed by atoms with Gasteiger partial charge >= 0.3 is 0 Å². The van der Waals surface area contributed by atoms with Gasteiger partial charge in [-0.25, -0.2) is 0 Å². The number of anilines is 1. The van der Waals surface area contributed by atoms with Crippen LogP contribution in [0.15, 0.2) is 76.2 Å². The quantitative estimate of drug-likeness (QED) is 0.189. The number of hydrogen-bond donors (Lipinski definition) is 3. The zero-order chi connectivity index (χ0) is 23.7. The molecule has 34 heavy (non-hydrogen) atoms. The minimum atomic E-state index is -0.317. The van der Waals surface area contributed by atoms with Crippen LogP contribution in [0.3, 0.4) is 0 Å². The SMILES string of the molecule is O=C1NC(=S)SC1=Cc1ccc(-c2cccc(C(=O)NNc3ccnc4cc(Cl)ccc34)c2)o1. The van der Waals surface area contributed by atoms with E-state index in [4.69, 9.17) is 28.2 Å². The summed E-state index contributed by atoms with van der Waals surface area (Å²) in [6.07, 6.45) is 3.27. The monoisotopic (exact) mass is 506 g/mol. The molecule has 1 saturated heterocycles. The van der Waals surface area contributed by atoms with Gasteiger partial charge in [0, 0.05) is 33.8 Å². The highest BCUT2D eigenvalue weighted by atomic mass is 35.5. The highest BCUT2D eigenvalue weighted by molar-refractivity contribution is 8.26. The van der Waals surface area contributed by atoms with Gasteiger partial charge in [-0.2, -0.15) is 0 Å². The standard InChI is InChI=1S/C24H15ClN4O3S2/c25-15-4-6-17-18(8-9-26-19(17)11-15)28-29-22(30)14-3-1-2-13(10-14)20-7-5-16(32-20)12-21-23(31)27-24(33)34-21/h1-12H,(H,26,28)(H,29,30)(H,27,31,33). The Kier molecular flexibility index (Phi) is 6.06. The van der Waals surface area contributed by atoms with E-state index in [1.807, 2.05) is 12.1 Å². The van der Waals surface area contributed by atoms with Crippen LogP contribution in [0, 0.1) is 0 Å². The molecular formula is C24H15ClN4O3S2. The van der Waals surface area contributed by atoms with Gasteiger partial charge in [0.1, 0.15) is 15.8 Å². The largest absolute Gasteiger partial charge is 0.457 e. The van der Waals surface area contributed by atoms with Gasteiger partial charge in [0.2, 0.25) is 0 Å². The summed E-state index contributed by atoms with van der Waals surface area (Å²) in [5, 5.41) is 3.98. The lowest BCUT2D eigenvalue weighted by atomic mass is 10.1. The minimum absolute atomic E-state index is 0.246. The molecule has 0 radical (unpaired) electrons. The number of thiocarbonyl (C=S) groups is 1. The summed E-state index contributed by atoms with van der Waals surface area (Å²) in [7, 11) is 0. The summed E-state index contributed by atoms with van der Waals surface area (Å²) < 4.78 is 6.27. The molecule has 7 nitrogen and oxygen atoms in total. The average Bonchev–Trinajstić information content (AvgIpc) is 3.43. The van der Waals surface area contributed by atoms with Crippen molar-refractivity contribution in [3.05, 3.63) is 88.1 Å². The van der Waals surface area contributed by atoms with E-state index >= 15 is 0 Å². The van der Waals surface area contributed by atoms with E-state index in [2.05, 4.69) is 21.2 Å². The van der Waals surface area contributed by atoms with Crippen LogP contribution in [0.2, 0.25) is 5.02 Å². The topological polar surface area (TPSA) is 96.3 Å². The third-order valence-electron chi connectivity index (χ3n) is 4.97. The van der Waals surface area contributed by atoms with Crippen LogP contribution in [0.1, 0.15) is 16.1 Å². The van der Waals surface area contributed by atoms with Crippen molar-refractivity contribution in [2.24, 2.45) is 0 Å². The Bertz CT molecular complexity index is 1500. The lowest BCUT2D eigenvalue weighted by Gasteiger charge is -2.11. The number of pyridine rings is 1. The van der Waals surface area contributed by atoms with E-state index in [9.17, 15) is 9.59 Å². The highest BCUT2D eigenvalue weighted by Gasteiger charge is 2.22. The van der Waals surface area contributed by atoms with Crippen LogP contribution >= 0.6 is 35.6 Å². The molecule has 4 aromatic rings. The Hall–Kier alpha value is -3.66. The number of hydrazine groups is 1.